The number of halogens is 1. The van der Waals surface area contributed by atoms with Crippen LogP contribution in [-0.4, -0.2) is 5.71 Å². The van der Waals surface area contributed by atoms with Crippen molar-refractivity contribution in [2.45, 2.75) is 13.3 Å². The summed E-state index contributed by atoms with van der Waals surface area (Å²) in [6.45, 7) is 2.15. The Labute approximate surface area is 151 Å². The molecule has 120 valence electrons. The quantitative estimate of drug-likeness (QED) is 0.435. The summed E-state index contributed by atoms with van der Waals surface area (Å²) in [5.41, 5.74) is 8.64. The van der Waals surface area contributed by atoms with Crippen molar-refractivity contribution in [1.29, 1.82) is 0 Å². The number of anilines is 1. The highest BCUT2D eigenvalue weighted by molar-refractivity contribution is 9.10. The van der Waals surface area contributed by atoms with Crippen molar-refractivity contribution in [2.75, 3.05) is 5.43 Å². The Kier molecular flexibility index (Phi) is 5.44. The van der Waals surface area contributed by atoms with E-state index < -0.39 is 0 Å². The first-order valence-corrected chi connectivity index (χ1v) is 8.80. The largest absolute Gasteiger partial charge is 0.278 e. The molecule has 0 saturated carbocycles. The number of aryl methyl sites for hydroxylation is 1. The first-order chi connectivity index (χ1) is 11.8. The SMILES string of the molecule is CCc1ccccc1N/N=C(/c1ccccc1)c1ccc(Br)cc1. The number of hydrogen-bond acceptors (Lipinski definition) is 2. The summed E-state index contributed by atoms with van der Waals surface area (Å²) >= 11 is 3.49. The maximum Gasteiger partial charge on any atom is 0.0977 e. The van der Waals surface area contributed by atoms with Gasteiger partial charge in [-0.1, -0.05) is 83.5 Å². The molecule has 0 fully saturated rings. The van der Waals surface area contributed by atoms with Gasteiger partial charge < -0.3 is 0 Å². The minimum atomic E-state index is 0.925. The number of nitrogens with one attached hydrogen (secondary N) is 1. The fourth-order valence-corrected chi connectivity index (χ4v) is 2.82. The van der Waals surface area contributed by atoms with Gasteiger partial charge >= 0.3 is 0 Å². The molecule has 0 aliphatic rings. The van der Waals surface area contributed by atoms with Crippen molar-refractivity contribution in [3.8, 4) is 0 Å². The van der Waals surface area contributed by atoms with Gasteiger partial charge in [-0.25, -0.2) is 0 Å². The molecule has 24 heavy (non-hydrogen) atoms. The van der Waals surface area contributed by atoms with Crippen molar-refractivity contribution in [3.63, 3.8) is 0 Å². The van der Waals surface area contributed by atoms with Crippen LogP contribution in [0, 0.1) is 0 Å². The Bertz CT molecular complexity index is 824. The van der Waals surface area contributed by atoms with Crippen LogP contribution in [0.5, 0.6) is 0 Å². The van der Waals surface area contributed by atoms with Gasteiger partial charge in [0.1, 0.15) is 0 Å². The number of hydrogen-bond donors (Lipinski definition) is 1. The van der Waals surface area contributed by atoms with E-state index >= 15 is 0 Å². The summed E-state index contributed by atoms with van der Waals surface area (Å²) < 4.78 is 1.06. The molecule has 0 aliphatic carbocycles. The van der Waals surface area contributed by atoms with Gasteiger partial charge in [-0.3, -0.25) is 5.43 Å². The molecule has 0 aromatic heterocycles. The van der Waals surface area contributed by atoms with Gasteiger partial charge in [-0.2, -0.15) is 5.10 Å². The maximum atomic E-state index is 4.72. The normalized spacial score (nSPS) is 11.3. The Balaban J connectivity index is 2.00. The van der Waals surface area contributed by atoms with Crippen LogP contribution in [0.3, 0.4) is 0 Å². The van der Waals surface area contributed by atoms with Crippen molar-refractivity contribution in [2.24, 2.45) is 5.10 Å². The molecule has 0 amide bonds. The highest BCUT2D eigenvalue weighted by atomic mass is 79.9. The number of benzene rings is 3. The van der Waals surface area contributed by atoms with Crippen LogP contribution in [0.4, 0.5) is 5.69 Å². The molecule has 3 rings (SSSR count). The highest BCUT2D eigenvalue weighted by Crippen LogP contribution is 2.18. The number of rotatable bonds is 5. The number of para-hydroxylation sites is 1. The fraction of sp³-hybridized carbons (Fsp3) is 0.0952. The van der Waals surface area contributed by atoms with Crippen molar-refractivity contribution >= 4 is 27.3 Å². The Morgan fingerprint density at radius 1 is 0.833 bits per heavy atom. The van der Waals surface area contributed by atoms with Gasteiger partial charge in [-0.05, 0) is 30.2 Å². The third-order valence-corrected chi connectivity index (χ3v) is 4.38. The number of nitrogens with zero attached hydrogens (tertiary/aromatic N) is 1. The third-order valence-electron chi connectivity index (χ3n) is 3.85. The van der Waals surface area contributed by atoms with E-state index in [-0.39, 0.29) is 0 Å². The highest BCUT2D eigenvalue weighted by Gasteiger charge is 2.07. The molecule has 3 aromatic carbocycles. The van der Waals surface area contributed by atoms with Crippen molar-refractivity contribution < 1.29 is 0 Å². The van der Waals surface area contributed by atoms with Crippen LogP contribution in [0.15, 0.2) is 88.4 Å². The molecule has 0 bridgehead atoms. The molecular weight excluding hydrogens is 360 g/mol. The zero-order chi connectivity index (χ0) is 16.8. The second kappa shape index (κ2) is 7.93. The summed E-state index contributed by atoms with van der Waals surface area (Å²) in [5.74, 6) is 0. The lowest BCUT2D eigenvalue weighted by atomic mass is 10.0. The smallest absolute Gasteiger partial charge is 0.0977 e. The third kappa shape index (κ3) is 3.92. The van der Waals surface area contributed by atoms with Gasteiger partial charge in [0, 0.05) is 15.6 Å². The van der Waals surface area contributed by atoms with Gasteiger partial charge in [0.05, 0.1) is 11.4 Å². The van der Waals surface area contributed by atoms with Crippen LogP contribution in [0.1, 0.15) is 23.6 Å². The van der Waals surface area contributed by atoms with Crippen molar-refractivity contribution in [1.82, 2.24) is 0 Å². The molecule has 0 atom stereocenters. The lowest BCUT2D eigenvalue weighted by Crippen LogP contribution is -2.07. The summed E-state index contributed by atoms with van der Waals surface area (Å²) in [6.07, 6.45) is 0.970. The summed E-state index contributed by atoms with van der Waals surface area (Å²) in [6, 6.07) is 26.7. The maximum absolute atomic E-state index is 4.72. The van der Waals surface area contributed by atoms with E-state index in [1.165, 1.54) is 5.56 Å². The average molecular weight is 379 g/mol. The average Bonchev–Trinajstić information content (AvgIpc) is 2.64. The molecule has 1 N–H and O–H groups in total. The lowest BCUT2D eigenvalue weighted by Gasteiger charge is -2.11. The summed E-state index contributed by atoms with van der Waals surface area (Å²) in [5, 5.41) is 4.72. The van der Waals surface area contributed by atoms with E-state index in [4.69, 9.17) is 5.10 Å². The van der Waals surface area contributed by atoms with Gasteiger partial charge in [0.15, 0.2) is 0 Å². The first kappa shape index (κ1) is 16.5. The minimum absolute atomic E-state index is 0.925. The molecule has 3 heteroatoms. The Morgan fingerprint density at radius 3 is 2.17 bits per heavy atom. The molecule has 0 heterocycles. The lowest BCUT2D eigenvalue weighted by molar-refractivity contribution is 1.13. The van der Waals surface area contributed by atoms with Crippen LogP contribution < -0.4 is 5.43 Å². The predicted octanol–water partition coefficient (Wildman–Crippen LogP) is 5.88. The number of hydrazone groups is 1. The molecule has 0 unspecified atom stereocenters. The van der Waals surface area contributed by atoms with E-state index in [2.05, 4.69) is 70.7 Å². The Morgan fingerprint density at radius 2 is 1.46 bits per heavy atom. The van der Waals surface area contributed by atoms with Crippen LogP contribution in [-0.2, 0) is 6.42 Å². The summed E-state index contributed by atoms with van der Waals surface area (Å²) in [4.78, 5) is 0. The van der Waals surface area contributed by atoms with Crippen LogP contribution >= 0.6 is 15.9 Å². The molecular formula is C21H19BrN2. The molecule has 3 aromatic rings. The Hall–Kier alpha value is -2.39. The first-order valence-electron chi connectivity index (χ1n) is 8.01. The van der Waals surface area contributed by atoms with Gasteiger partial charge in [0.25, 0.3) is 0 Å². The zero-order valence-corrected chi connectivity index (χ0v) is 15.1. The monoisotopic (exact) mass is 378 g/mol. The van der Waals surface area contributed by atoms with E-state index in [1.807, 2.05) is 36.4 Å². The topological polar surface area (TPSA) is 24.4 Å². The summed E-state index contributed by atoms with van der Waals surface area (Å²) in [7, 11) is 0. The molecule has 2 nitrogen and oxygen atoms in total. The fourth-order valence-electron chi connectivity index (χ4n) is 2.55. The second-order valence-electron chi connectivity index (χ2n) is 5.46. The van der Waals surface area contributed by atoms with E-state index in [1.54, 1.807) is 0 Å². The van der Waals surface area contributed by atoms with E-state index in [0.29, 0.717) is 0 Å². The second-order valence-corrected chi connectivity index (χ2v) is 6.37. The molecule has 0 saturated heterocycles. The minimum Gasteiger partial charge on any atom is -0.278 e. The van der Waals surface area contributed by atoms with Crippen LogP contribution in [0.25, 0.3) is 0 Å². The zero-order valence-electron chi connectivity index (χ0n) is 13.5. The van der Waals surface area contributed by atoms with Crippen LogP contribution in [0.2, 0.25) is 0 Å². The molecule has 0 spiro atoms. The van der Waals surface area contributed by atoms with Crippen molar-refractivity contribution in [3.05, 3.63) is 100 Å². The molecule has 0 aliphatic heterocycles. The predicted molar refractivity (Wildman–Crippen MR) is 106 cm³/mol. The van der Waals surface area contributed by atoms with E-state index in [0.717, 1.165) is 33.4 Å². The van der Waals surface area contributed by atoms with E-state index in [9.17, 15) is 0 Å². The van der Waals surface area contributed by atoms with Gasteiger partial charge in [0.2, 0.25) is 0 Å². The van der Waals surface area contributed by atoms with Gasteiger partial charge in [-0.15, -0.1) is 0 Å². The standard InChI is InChI=1S/C21H19BrN2/c1-2-16-8-6-7-11-20(16)23-24-21(17-9-4-3-5-10-17)18-12-14-19(22)15-13-18/h3-15,23H,2H2,1H3/b24-21-. The molecule has 0 radical (unpaired) electrons.